The molecule has 2 aromatic heterocycles. The number of nitrogens with zero attached hydrogens (tertiary/aromatic N) is 3. The summed E-state index contributed by atoms with van der Waals surface area (Å²) in [6, 6.07) is 11.6. The van der Waals surface area contributed by atoms with E-state index in [1.165, 1.54) is 18.3 Å². The van der Waals surface area contributed by atoms with E-state index < -0.39 is 0 Å². The molecule has 1 saturated heterocycles. The van der Waals surface area contributed by atoms with Gasteiger partial charge in [0.1, 0.15) is 11.5 Å². The van der Waals surface area contributed by atoms with E-state index in [1.54, 1.807) is 29.2 Å². The zero-order valence-electron chi connectivity index (χ0n) is 17.3. The summed E-state index contributed by atoms with van der Waals surface area (Å²) in [5, 5.41) is 13.0. The number of carbonyl (C=O) groups is 2. The third kappa shape index (κ3) is 5.67. The molecule has 3 heterocycles. The maximum Gasteiger partial charge on any atom is 0.252 e. The summed E-state index contributed by atoms with van der Waals surface area (Å²) in [7, 11) is 0. The first-order valence-electron chi connectivity index (χ1n) is 10.4. The van der Waals surface area contributed by atoms with E-state index >= 15 is 0 Å². The van der Waals surface area contributed by atoms with E-state index in [0.717, 1.165) is 5.56 Å². The molecule has 10 heteroatoms. The minimum Gasteiger partial charge on any atom is -0.350 e. The highest BCUT2D eigenvalue weighted by molar-refractivity contribution is 5.94. The lowest BCUT2D eigenvalue weighted by atomic mass is 10.1. The van der Waals surface area contributed by atoms with Gasteiger partial charge in [-0.05, 0) is 42.3 Å². The minimum atomic E-state index is -0.256. The fourth-order valence-corrected chi connectivity index (χ4v) is 3.37. The molecule has 1 aliphatic rings. The first kappa shape index (κ1) is 21.4. The van der Waals surface area contributed by atoms with Crippen molar-refractivity contribution in [2.24, 2.45) is 0 Å². The Hall–Kier alpha value is -3.79. The molecule has 1 aromatic carbocycles. The number of nitrogens with one attached hydrogen (secondary N) is 4. The normalized spacial score (nSPS) is 15.8. The monoisotopic (exact) mass is 437 g/mol. The van der Waals surface area contributed by atoms with Gasteiger partial charge in [0.05, 0.1) is 23.8 Å². The maximum atomic E-state index is 13.2. The van der Waals surface area contributed by atoms with Crippen LogP contribution in [0.1, 0.15) is 15.9 Å². The third-order valence-corrected chi connectivity index (χ3v) is 5.00. The van der Waals surface area contributed by atoms with Crippen molar-refractivity contribution in [3.05, 3.63) is 71.8 Å². The van der Waals surface area contributed by atoms with Crippen molar-refractivity contribution in [3.8, 4) is 11.4 Å². The second kappa shape index (κ2) is 10.0. The highest BCUT2D eigenvalue weighted by Crippen LogP contribution is 2.14. The van der Waals surface area contributed by atoms with E-state index in [-0.39, 0.29) is 23.7 Å². The molecule has 0 bridgehead atoms. The zero-order chi connectivity index (χ0) is 22.3. The quantitative estimate of drug-likeness (QED) is 0.413. The van der Waals surface area contributed by atoms with Crippen LogP contribution in [0.2, 0.25) is 0 Å². The Kier molecular flexibility index (Phi) is 6.71. The van der Waals surface area contributed by atoms with Crippen LogP contribution in [0.25, 0.3) is 11.4 Å². The molecule has 4 rings (SSSR count). The van der Waals surface area contributed by atoms with Crippen LogP contribution in [0.4, 0.5) is 4.39 Å². The predicted octanol–water partition coefficient (Wildman–Crippen LogP) is 0.688. The Bertz CT molecular complexity index is 1080. The molecule has 3 aromatic rings. The largest absolute Gasteiger partial charge is 0.350 e. The van der Waals surface area contributed by atoms with Gasteiger partial charge in [0.25, 0.3) is 5.91 Å². The summed E-state index contributed by atoms with van der Waals surface area (Å²) in [5.74, 6) is -0.581. The Labute approximate surface area is 184 Å². The lowest BCUT2D eigenvalue weighted by Crippen LogP contribution is -2.56. The molecule has 0 aliphatic carbocycles. The van der Waals surface area contributed by atoms with Gasteiger partial charge in [-0.15, -0.1) is 0 Å². The number of hydrogen-bond acceptors (Lipinski definition) is 6. The number of halogens is 1. The highest BCUT2D eigenvalue weighted by Gasteiger charge is 2.18. The number of carbonyl (C=O) groups excluding carboxylic acids is 2. The van der Waals surface area contributed by atoms with Crippen LogP contribution in [0.15, 0.2) is 54.9 Å². The van der Waals surface area contributed by atoms with Gasteiger partial charge < -0.3 is 21.4 Å². The smallest absolute Gasteiger partial charge is 0.252 e. The Morgan fingerprint density at radius 3 is 2.91 bits per heavy atom. The molecule has 1 unspecified atom stereocenters. The van der Waals surface area contributed by atoms with Gasteiger partial charge in [-0.1, -0.05) is 12.1 Å². The van der Waals surface area contributed by atoms with Gasteiger partial charge in [0.15, 0.2) is 0 Å². The van der Waals surface area contributed by atoms with E-state index in [4.69, 9.17) is 0 Å². The van der Waals surface area contributed by atoms with Gasteiger partial charge in [0, 0.05) is 32.0 Å². The second-order valence-electron chi connectivity index (χ2n) is 7.47. The molecule has 1 atom stereocenters. The van der Waals surface area contributed by atoms with Crippen LogP contribution in [-0.2, 0) is 11.2 Å². The van der Waals surface area contributed by atoms with E-state index in [2.05, 4.69) is 31.5 Å². The summed E-state index contributed by atoms with van der Waals surface area (Å²) in [5.41, 5.74) is 5.77. The minimum absolute atomic E-state index is 0.0793. The standard InChI is InChI=1S/C22H24FN7O2/c23-17-3-1-2-15(10-17)6-8-27-30-9-7-20(29-30)19-5-4-16(11-25-19)22(32)26-13-18-12-24-14-21(31)28-18/h1-5,7,9-11,18,24,27H,6,8,12-14H2,(H,26,32)(H,28,31). The van der Waals surface area contributed by atoms with Crippen LogP contribution in [0, 0.1) is 5.82 Å². The van der Waals surface area contributed by atoms with Gasteiger partial charge in [-0.3, -0.25) is 14.6 Å². The van der Waals surface area contributed by atoms with E-state index in [0.29, 0.717) is 49.6 Å². The summed E-state index contributed by atoms with van der Waals surface area (Å²) in [6.45, 7) is 1.84. The fraction of sp³-hybridized carbons (Fsp3) is 0.273. The number of aromatic nitrogens is 3. The number of hydrogen-bond donors (Lipinski definition) is 4. The molecule has 1 aliphatic heterocycles. The summed E-state index contributed by atoms with van der Waals surface area (Å²) < 4.78 is 13.2. The molecule has 0 spiro atoms. The molecular weight excluding hydrogens is 413 g/mol. The molecule has 0 saturated carbocycles. The average molecular weight is 437 g/mol. The van der Waals surface area contributed by atoms with E-state index in [9.17, 15) is 14.0 Å². The lowest BCUT2D eigenvalue weighted by molar-refractivity contribution is -0.122. The molecule has 9 nitrogen and oxygen atoms in total. The number of benzene rings is 1. The molecule has 166 valence electrons. The molecule has 0 radical (unpaired) electrons. The van der Waals surface area contributed by atoms with Gasteiger partial charge in [-0.25, -0.2) is 4.39 Å². The topological polar surface area (TPSA) is 113 Å². The lowest BCUT2D eigenvalue weighted by Gasteiger charge is -2.24. The summed E-state index contributed by atoms with van der Waals surface area (Å²) >= 11 is 0. The first-order chi connectivity index (χ1) is 15.6. The van der Waals surface area contributed by atoms with Gasteiger partial charge >= 0.3 is 0 Å². The van der Waals surface area contributed by atoms with Crippen LogP contribution < -0.4 is 21.4 Å². The van der Waals surface area contributed by atoms with E-state index in [1.807, 2.05) is 12.1 Å². The predicted molar refractivity (Wildman–Crippen MR) is 117 cm³/mol. The van der Waals surface area contributed by atoms with Gasteiger partial charge in [-0.2, -0.15) is 9.89 Å². The number of rotatable bonds is 8. The van der Waals surface area contributed by atoms with Crippen LogP contribution >= 0.6 is 0 Å². The Morgan fingerprint density at radius 2 is 2.12 bits per heavy atom. The van der Waals surface area contributed by atoms with Crippen molar-refractivity contribution < 1.29 is 14.0 Å². The SMILES string of the molecule is O=C1CNCC(CNC(=O)c2ccc(-c3ccn(NCCc4cccc(F)c4)n3)nc2)N1. The van der Waals surface area contributed by atoms with Crippen molar-refractivity contribution in [2.75, 3.05) is 31.6 Å². The number of pyridine rings is 1. The van der Waals surface area contributed by atoms with Crippen LogP contribution in [0.5, 0.6) is 0 Å². The Morgan fingerprint density at radius 1 is 1.22 bits per heavy atom. The maximum absolute atomic E-state index is 13.2. The Balaban J connectivity index is 1.27. The second-order valence-corrected chi connectivity index (χ2v) is 7.47. The number of piperazine rings is 1. The van der Waals surface area contributed by atoms with Crippen molar-refractivity contribution in [2.45, 2.75) is 12.5 Å². The third-order valence-electron chi connectivity index (χ3n) is 5.00. The molecule has 1 fully saturated rings. The van der Waals surface area contributed by atoms with Crippen molar-refractivity contribution in [3.63, 3.8) is 0 Å². The average Bonchev–Trinajstić information content (AvgIpc) is 3.27. The van der Waals surface area contributed by atoms with Crippen molar-refractivity contribution in [1.29, 1.82) is 0 Å². The van der Waals surface area contributed by atoms with Crippen LogP contribution in [-0.4, -0.2) is 58.9 Å². The molecular formula is C22H24FN7O2. The zero-order valence-corrected chi connectivity index (χ0v) is 17.3. The number of amides is 2. The van der Waals surface area contributed by atoms with Gasteiger partial charge in [0.2, 0.25) is 5.91 Å². The van der Waals surface area contributed by atoms with Crippen molar-refractivity contribution in [1.82, 2.24) is 30.8 Å². The fourth-order valence-electron chi connectivity index (χ4n) is 3.37. The highest BCUT2D eigenvalue weighted by atomic mass is 19.1. The first-order valence-corrected chi connectivity index (χ1v) is 10.4. The van der Waals surface area contributed by atoms with Crippen LogP contribution in [0.3, 0.4) is 0 Å². The molecule has 4 N–H and O–H groups in total. The van der Waals surface area contributed by atoms with Crippen molar-refractivity contribution >= 4 is 11.8 Å². The summed E-state index contributed by atoms with van der Waals surface area (Å²) in [4.78, 5) is 29.6. The summed E-state index contributed by atoms with van der Waals surface area (Å²) in [6.07, 6.45) is 3.93. The molecule has 2 amide bonds. The molecule has 32 heavy (non-hydrogen) atoms.